The lowest BCUT2D eigenvalue weighted by atomic mass is 9.91. The maximum Gasteiger partial charge on any atom is 0.219 e. The minimum Gasteiger partial charge on any atom is -0.353 e. The Balaban J connectivity index is 1.82. The summed E-state index contributed by atoms with van der Waals surface area (Å²) in [6.07, 6.45) is -0.521. The minimum atomic E-state index is -0.679. The van der Waals surface area contributed by atoms with E-state index in [2.05, 4.69) is 12.1 Å². The van der Waals surface area contributed by atoms with Crippen molar-refractivity contribution >= 4 is 5.91 Å². The summed E-state index contributed by atoms with van der Waals surface area (Å²) < 4.78 is 17.7. The summed E-state index contributed by atoms with van der Waals surface area (Å²) in [5.41, 5.74) is 1.57. The van der Waals surface area contributed by atoms with Gasteiger partial charge in [-0.25, -0.2) is 0 Å². The van der Waals surface area contributed by atoms with Gasteiger partial charge in [0.2, 0.25) is 5.91 Å². The van der Waals surface area contributed by atoms with Crippen LogP contribution in [0.1, 0.15) is 24.2 Å². The molecule has 1 amide bonds. The average Bonchev–Trinajstić information content (AvgIpc) is 3.07. The molecular weight excluding hydrogens is 258 g/mol. The molecule has 2 fully saturated rings. The Kier molecular flexibility index (Phi) is 2.64. The van der Waals surface area contributed by atoms with Crippen molar-refractivity contribution in [2.24, 2.45) is 0 Å². The molecule has 3 aliphatic rings. The van der Waals surface area contributed by atoms with Crippen molar-refractivity contribution in [2.45, 2.75) is 24.9 Å². The monoisotopic (exact) mass is 275 g/mol. The van der Waals surface area contributed by atoms with Crippen molar-refractivity contribution in [1.82, 2.24) is 4.90 Å². The van der Waals surface area contributed by atoms with Crippen LogP contribution in [0.15, 0.2) is 24.3 Å². The van der Waals surface area contributed by atoms with Gasteiger partial charge in [-0.3, -0.25) is 4.79 Å². The van der Waals surface area contributed by atoms with Crippen LogP contribution in [0.2, 0.25) is 0 Å². The number of fused-ring (bicyclic) bond motifs is 5. The first-order valence-corrected chi connectivity index (χ1v) is 6.97. The summed E-state index contributed by atoms with van der Waals surface area (Å²) in [5.74, 6) is 0.0634. The van der Waals surface area contributed by atoms with Crippen LogP contribution in [0.3, 0.4) is 0 Å². The number of amides is 1. The highest BCUT2D eigenvalue weighted by atomic mass is 16.7. The van der Waals surface area contributed by atoms with E-state index >= 15 is 0 Å². The van der Waals surface area contributed by atoms with Crippen molar-refractivity contribution < 1.29 is 19.0 Å². The van der Waals surface area contributed by atoms with Gasteiger partial charge in [-0.15, -0.1) is 0 Å². The third-order valence-corrected chi connectivity index (χ3v) is 4.38. The van der Waals surface area contributed by atoms with E-state index in [0.717, 1.165) is 11.1 Å². The maximum absolute atomic E-state index is 11.8. The summed E-state index contributed by atoms with van der Waals surface area (Å²) in [4.78, 5) is 13.6. The van der Waals surface area contributed by atoms with Gasteiger partial charge in [-0.1, -0.05) is 24.3 Å². The molecule has 5 nitrogen and oxygen atoms in total. The highest BCUT2D eigenvalue weighted by Crippen LogP contribution is 2.50. The Morgan fingerprint density at radius 3 is 2.80 bits per heavy atom. The van der Waals surface area contributed by atoms with Gasteiger partial charge < -0.3 is 19.1 Å². The number of ether oxygens (including phenoxy) is 3. The fraction of sp³-hybridized carbons (Fsp3) is 0.533. The second kappa shape index (κ2) is 4.28. The quantitative estimate of drug-likeness (QED) is 0.772. The number of hydrogen-bond acceptors (Lipinski definition) is 4. The molecule has 3 aliphatic heterocycles. The van der Waals surface area contributed by atoms with Crippen LogP contribution in [0.25, 0.3) is 0 Å². The molecule has 2 bridgehead atoms. The molecule has 3 heterocycles. The zero-order chi connectivity index (χ0) is 13.7. The van der Waals surface area contributed by atoms with Crippen molar-refractivity contribution in [2.75, 3.05) is 26.3 Å². The number of hydrogen-bond donors (Lipinski definition) is 0. The second-order valence-corrected chi connectivity index (χ2v) is 5.56. The molecule has 5 heteroatoms. The van der Waals surface area contributed by atoms with E-state index in [4.69, 9.17) is 14.2 Å². The maximum atomic E-state index is 11.8. The molecule has 106 valence electrons. The van der Waals surface area contributed by atoms with Crippen LogP contribution >= 0.6 is 0 Å². The Hall–Kier alpha value is -1.43. The number of morpholine rings is 1. The van der Waals surface area contributed by atoms with Crippen LogP contribution in [0, 0.1) is 0 Å². The average molecular weight is 275 g/mol. The lowest BCUT2D eigenvalue weighted by Gasteiger charge is -2.42. The van der Waals surface area contributed by atoms with Gasteiger partial charge in [-0.2, -0.15) is 0 Å². The predicted octanol–water partition coefficient (Wildman–Crippen LogP) is 1.19. The fourth-order valence-electron chi connectivity index (χ4n) is 3.47. The van der Waals surface area contributed by atoms with Crippen LogP contribution < -0.4 is 0 Å². The minimum absolute atomic E-state index is 0.0634. The Morgan fingerprint density at radius 1 is 1.30 bits per heavy atom. The Labute approximate surface area is 117 Å². The summed E-state index contributed by atoms with van der Waals surface area (Å²) in [6, 6.07) is 8.13. The normalized spacial score (nSPS) is 32.5. The molecule has 0 aromatic heterocycles. The molecule has 20 heavy (non-hydrogen) atoms. The number of carbonyl (C=O) groups excluding carboxylic acids is 1. The van der Waals surface area contributed by atoms with Crippen LogP contribution in [0.4, 0.5) is 0 Å². The predicted molar refractivity (Wildman–Crippen MR) is 69.9 cm³/mol. The lowest BCUT2D eigenvalue weighted by Crippen LogP contribution is -2.54. The van der Waals surface area contributed by atoms with Crippen molar-refractivity contribution in [3.63, 3.8) is 0 Å². The van der Waals surface area contributed by atoms with E-state index in [1.54, 1.807) is 6.92 Å². The van der Waals surface area contributed by atoms with Gasteiger partial charge in [-0.05, 0) is 11.1 Å². The molecule has 0 radical (unpaired) electrons. The first-order valence-electron chi connectivity index (χ1n) is 6.97. The standard InChI is InChI=1S/C15H17NO4/c1-10(17)16-8-13-11-4-2-3-5-12(11)15(9-16,20-13)14-18-6-7-19-14/h2-5,13-14H,6-9H2,1H3. The van der Waals surface area contributed by atoms with Gasteiger partial charge in [0, 0.05) is 6.92 Å². The first kappa shape index (κ1) is 12.3. The zero-order valence-electron chi connectivity index (χ0n) is 11.4. The van der Waals surface area contributed by atoms with Gasteiger partial charge in [0.25, 0.3) is 0 Å². The largest absolute Gasteiger partial charge is 0.353 e. The number of benzene rings is 1. The van der Waals surface area contributed by atoms with E-state index in [1.165, 1.54) is 0 Å². The third-order valence-electron chi connectivity index (χ3n) is 4.38. The van der Waals surface area contributed by atoms with E-state index < -0.39 is 11.9 Å². The number of carbonyl (C=O) groups is 1. The number of nitrogens with zero attached hydrogens (tertiary/aromatic N) is 1. The molecule has 4 rings (SSSR count). The summed E-state index contributed by atoms with van der Waals surface area (Å²) in [7, 11) is 0. The molecule has 2 atom stereocenters. The Bertz CT molecular complexity index is 555. The van der Waals surface area contributed by atoms with Crippen LogP contribution in [-0.2, 0) is 24.6 Å². The molecule has 1 aromatic carbocycles. The third kappa shape index (κ3) is 1.57. The zero-order valence-corrected chi connectivity index (χ0v) is 11.4. The summed E-state index contributed by atoms with van der Waals surface area (Å²) >= 11 is 0. The van der Waals surface area contributed by atoms with Crippen molar-refractivity contribution in [3.8, 4) is 0 Å². The fourth-order valence-corrected chi connectivity index (χ4v) is 3.47. The summed E-state index contributed by atoms with van der Waals surface area (Å²) in [6.45, 7) is 3.83. The van der Waals surface area contributed by atoms with Crippen LogP contribution in [-0.4, -0.2) is 43.4 Å². The Morgan fingerprint density at radius 2 is 2.05 bits per heavy atom. The van der Waals surface area contributed by atoms with E-state index in [-0.39, 0.29) is 12.0 Å². The molecular formula is C15H17NO4. The van der Waals surface area contributed by atoms with Gasteiger partial charge in [0.05, 0.1) is 26.3 Å². The van der Waals surface area contributed by atoms with E-state index in [1.807, 2.05) is 17.0 Å². The molecule has 0 aliphatic carbocycles. The molecule has 0 saturated carbocycles. The van der Waals surface area contributed by atoms with E-state index in [0.29, 0.717) is 26.3 Å². The number of rotatable bonds is 1. The second-order valence-electron chi connectivity index (χ2n) is 5.56. The van der Waals surface area contributed by atoms with Gasteiger partial charge in [0.1, 0.15) is 6.10 Å². The molecule has 0 N–H and O–H groups in total. The van der Waals surface area contributed by atoms with Crippen molar-refractivity contribution in [3.05, 3.63) is 35.4 Å². The summed E-state index contributed by atoms with van der Waals surface area (Å²) in [5, 5.41) is 0. The molecule has 0 spiro atoms. The van der Waals surface area contributed by atoms with Gasteiger partial charge >= 0.3 is 0 Å². The lowest BCUT2D eigenvalue weighted by molar-refractivity contribution is -0.247. The topological polar surface area (TPSA) is 48.0 Å². The smallest absolute Gasteiger partial charge is 0.219 e. The van der Waals surface area contributed by atoms with E-state index in [9.17, 15) is 4.79 Å². The molecule has 2 saturated heterocycles. The van der Waals surface area contributed by atoms with Gasteiger partial charge in [0.15, 0.2) is 11.9 Å². The highest BCUT2D eigenvalue weighted by molar-refractivity contribution is 5.74. The molecule has 1 aromatic rings. The highest BCUT2D eigenvalue weighted by Gasteiger charge is 2.57. The van der Waals surface area contributed by atoms with Crippen molar-refractivity contribution in [1.29, 1.82) is 0 Å². The SMILES string of the molecule is CC(=O)N1CC2OC(C3OCCO3)(C1)c1ccccc12. The first-order chi connectivity index (χ1) is 9.71. The molecule has 2 unspecified atom stereocenters. The van der Waals surface area contributed by atoms with Crippen LogP contribution in [0.5, 0.6) is 0 Å².